The normalized spacial score (nSPS) is 18.3. The first-order chi connectivity index (χ1) is 12.2. The fourth-order valence-electron chi connectivity index (χ4n) is 3.25. The lowest BCUT2D eigenvalue weighted by molar-refractivity contribution is -0.128. The van der Waals surface area contributed by atoms with Crippen molar-refractivity contribution < 1.29 is 9.53 Å². The predicted molar refractivity (Wildman–Crippen MR) is 102 cm³/mol. The van der Waals surface area contributed by atoms with E-state index in [1.54, 1.807) is 24.5 Å². The van der Waals surface area contributed by atoms with E-state index in [0.717, 1.165) is 42.3 Å². The van der Waals surface area contributed by atoms with Crippen LogP contribution in [0.2, 0.25) is 0 Å². The SMILES string of the molecule is COc1ccc(C2CCCCCN2C(=O)/C=C/c2csc(C)n2)cc1. The summed E-state index contributed by atoms with van der Waals surface area (Å²) in [5, 5.41) is 2.99. The summed E-state index contributed by atoms with van der Waals surface area (Å²) in [7, 11) is 1.67. The molecule has 0 bridgehead atoms. The molecule has 1 saturated heterocycles. The first-order valence-corrected chi connectivity index (χ1v) is 9.60. The van der Waals surface area contributed by atoms with Crippen molar-refractivity contribution in [1.29, 1.82) is 0 Å². The van der Waals surface area contributed by atoms with Gasteiger partial charge in [0.25, 0.3) is 0 Å². The van der Waals surface area contributed by atoms with Gasteiger partial charge in [0.1, 0.15) is 5.75 Å². The van der Waals surface area contributed by atoms with E-state index in [-0.39, 0.29) is 11.9 Å². The topological polar surface area (TPSA) is 42.4 Å². The number of rotatable bonds is 4. The molecule has 2 heterocycles. The Kier molecular flexibility index (Phi) is 5.87. The van der Waals surface area contributed by atoms with Crippen molar-refractivity contribution >= 4 is 23.3 Å². The van der Waals surface area contributed by atoms with E-state index in [4.69, 9.17) is 4.74 Å². The standard InChI is InChI=1S/C20H24N2O2S/c1-15-21-17(14-25-15)9-12-20(23)22-13-5-3-4-6-19(22)16-7-10-18(24-2)11-8-16/h7-12,14,19H,3-6,13H2,1-2H3/b12-9+. The summed E-state index contributed by atoms with van der Waals surface area (Å²) in [6.07, 6.45) is 7.86. The molecule has 4 nitrogen and oxygen atoms in total. The number of hydrogen-bond donors (Lipinski definition) is 0. The lowest BCUT2D eigenvalue weighted by Crippen LogP contribution is -2.33. The largest absolute Gasteiger partial charge is 0.497 e. The second-order valence-corrected chi connectivity index (χ2v) is 7.36. The second kappa shape index (κ2) is 8.30. The summed E-state index contributed by atoms with van der Waals surface area (Å²) in [5.41, 5.74) is 2.03. The molecule has 5 heteroatoms. The van der Waals surface area contributed by atoms with Crippen LogP contribution in [0.25, 0.3) is 6.08 Å². The van der Waals surface area contributed by atoms with Crippen LogP contribution in [-0.2, 0) is 4.79 Å². The van der Waals surface area contributed by atoms with E-state index in [1.165, 1.54) is 12.0 Å². The zero-order valence-corrected chi connectivity index (χ0v) is 15.6. The Labute approximate surface area is 153 Å². The van der Waals surface area contributed by atoms with E-state index >= 15 is 0 Å². The van der Waals surface area contributed by atoms with Gasteiger partial charge < -0.3 is 9.64 Å². The number of aromatic nitrogens is 1. The number of carbonyl (C=O) groups is 1. The molecule has 2 aromatic rings. The van der Waals surface area contributed by atoms with Gasteiger partial charge in [0.2, 0.25) is 5.91 Å². The highest BCUT2D eigenvalue weighted by molar-refractivity contribution is 7.09. The van der Waals surface area contributed by atoms with Crippen LogP contribution in [0.1, 0.15) is 48.0 Å². The van der Waals surface area contributed by atoms with Crippen LogP contribution in [0.4, 0.5) is 0 Å². The highest BCUT2D eigenvalue weighted by atomic mass is 32.1. The summed E-state index contributed by atoms with van der Waals surface area (Å²) in [4.78, 5) is 19.2. The van der Waals surface area contributed by atoms with Crippen molar-refractivity contribution in [1.82, 2.24) is 9.88 Å². The van der Waals surface area contributed by atoms with Crippen LogP contribution in [0.5, 0.6) is 5.75 Å². The molecular formula is C20H24N2O2S. The molecule has 0 aliphatic carbocycles. The third kappa shape index (κ3) is 4.48. The molecule has 3 rings (SSSR count). The second-order valence-electron chi connectivity index (χ2n) is 6.29. The fourth-order valence-corrected chi connectivity index (χ4v) is 3.83. The first kappa shape index (κ1) is 17.7. The molecule has 0 saturated carbocycles. The lowest BCUT2D eigenvalue weighted by atomic mass is 10.0. The maximum absolute atomic E-state index is 12.8. The van der Waals surface area contributed by atoms with Gasteiger partial charge >= 0.3 is 0 Å². The first-order valence-electron chi connectivity index (χ1n) is 8.72. The quantitative estimate of drug-likeness (QED) is 0.751. The van der Waals surface area contributed by atoms with Gasteiger partial charge in [-0.05, 0) is 43.5 Å². The van der Waals surface area contributed by atoms with Gasteiger partial charge in [0.15, 0.2) is 0 Å². The molecule has 25 heavy (non-hydrogen) atoms. The molecule has 0 radical (unpaired) electrons. The molecule has 1 aliphatic heterocycles. The molecule has 132 valence electrons. The molecule has 1 aromatic heterocycles. The van der Waals surface area contributed by atoms with Crippen LogP contribution in [0.15, 0.2) is 35.7 Å². The van der Waals surface area contributed by atoms with Gasteiger partial charge in [-0.1, -0.05) is 25.0 Å². The van der Waals surface area contributed by atoms with Crippen molar-refractivity contribution in [3.63, 3.8) is 0 Å². The number of hydrogen-bond acceptors (Lipinski definition) is 4. The maximum Gasteiger partial charge on any atom is 0.247 e. The van der Waals surface area contributed by atoms with Crippen molar-refractivity contribution in [3.05, 3.63) is 52.0 Å². The fraction of sp³-hybridized carbons (Fsp3) is 0.400. The van der Waals surface area contributed by atoms with E-state index < -0.39 is 0 Å². The molecule has 0 N–H and O–H groups in total. The van der Waals surface area contributed by atoms with Crippen molar-refractivity contribution in [2.24, 2.45) is 0 Å². The molecule has 1 unspecified atom stereocenters. The number of ether oxygens (including phenoxy) is 1. The molecule has 1 atom stereocenters. The number of amides is 1. The Balaban J connectivity index is 1.79. The number of thiazole rings is 1. The van der Waals surface area contributed by atoms with Crippen LogP contribution in [-0.4, -0.2) is 29.4 Å². The van der Waals surface area contributed by atoms with Gasteiger partial charge in [-0.2, -0.15) is 0 Å². The Bertz CT molecular complexity index is 736. The van der Waals surface area contributed by atoms with Gasteiger partial charge in [-0.25, -0.2) is 4.98 Å². The average Bonchev–Trinajstić information content (AvgIpc) is 2.90. The van der Waals surface area contributed by atoms with E-state index in [1.807, 2.05) is 35.4 Å². The zero-order chi connectivity index (χ0) is 17.6. The Morgan fingerprint density at radius 3 is 2.76 bits per heavy atom. The summed E-state index contributed by atoms with van der Waals surface area (Å²) in [6, 6.07) is 8.21. The van der Waals surface area contributed by atoms with Gasteiger partial charge in [0, 0.05) is 18.0 Å². The summed E-state index contributed by atoms with van der Waals surface area (Å²) in [5.74, 6) is 0.905. The zero-order valence-electron chi connectivity index (χ0n) is 14.8. The van der Waals surface area contributed by atoms with Crippen LogP contribution >= 0.6 is 11.3 Å². The maximum atomic E-state index is 12.8. The molecule has 1 fully saturated rings. The number of aryl methyl sites for hydroxylation is 1. The molecular weight excluding hydrogens is 332 g/mol. The molecule has 1 aliphatic rings. The Morgan fingerprint density at radius 2 is 2.08 bits per heavy atom. The number of benzene rings is 1. The molecule has 1 amide bonds. The highest BCUT2D eigenvalue weighted by Crippen LogP contribution is 2.31. The van der Waals surface area contributed by atoms with E-state index in [9.17, 15) is 4.79 Å². The minimum absolute atomic E-state index is 0.0633. The summed E-state index contributed by atoms with van der Waals surface area (Å²) in [6.45, 7) is 2.77. The van der Waals surface area contributed by atoms with Crippen LogP contribution < -0.4 is 4.74 Å². The summed E-state index contributed by atoms with van der Waals surface area (Å²) < 4.78 is 5.25. The predicted octanol–water partition coefficient (Wildman–Crippen LogP) is 4.62. The lowest BCUT2D eigenvalue weighted by Gasteiger charge is -2.29. The monoisotopic (exact) mass is 356 g/mol. The van der Waals surface area contributed by atoms with Crippen molar-refractivity contribution in [2.75, 3.05) is 13.7 Å². The van der Waals surface area contributed by atoms with Crippen molar-refractivity contribution in [3.8, 4) is 5.75 Å². The minimum Gasteiger partial charge on any atom is -0.497 e. The molecule has 1 aromatic carbocycles. The van der Waals surface area contributed by atoms with Crippen LogP contribution in [0.3, 0.4) is 0 Å². The Hall–Kier alpha value is -2.14. The number of likely N-dealkylation sites (tertiary alicyclic amines) is 1. The third-order valence-electron chi connectivity index (χ3n) is 4.57. The van der Waals surface area contributed by atoms with E-state index in [0.29, 0.717) is 0 Å². The number of methoxy groups -OCH3 is 1. The average molecular weight is 356 g/mol. The number of carbonyl (C=O) groups excluding carboxylic acids is 1. The molecule has 0 spiro atoms. The smallest absolute Gasteiger partial charge is 0.247 e. The Morgan fingerprint density at radius 1 is 1.28 bits per heavy atom. The third-order valence-corrected chi connectivity index (χ3v) is 5.36. The van der Waals surface area contributed by atoms with Gasteiger partial charge in [-0.3, -0.25) is 4.79 Å². The van der Waals surface area contributed by atoms with Gasteiger partial charge in [-0.15, -0.1) is 11.3 Å². The van der Waals surface area contributed by atoms with E-state index in [2.05, 4.69) is 17.1 Å². The highest BCUT2D eigenvalue weighted by Gasteiger charge is 2.25. The number of nitrogens with zero attached hydrogens (tertiary/aromatic N) is 2. The summed E-state index contributed by atoms with van der Waals surface area (Å²) >= 11 is 1.60. The van der Waals surface area contributed by atoms with Gasteiger partial charge in [0.05, 0.1) is 23.9 Å². The minimum atomic E-state index is 0.0633. The van der Waals surface area contributed by atoms with Crippen LogP contribution in [0, 0.1) is 6.92 Å². The van der Waals surface area contributed by atoms with Crippen molar-refractivity contribution in [2.45, 2.75) is 38.6 Å².